The molecule has 0 amide bonds. The minimum Gasteiger partial charge on any atom is -0.455 e. The largest absolute Gasteiger partial charge is 0.455 e. The summed E-state index contributed by atoms with van der Waals surface area (Å²) in [7, 11) is 5.63. The summed E-state index contributed by atoms with van der Waals surface area (Å²) in [6, 6.07) is 10.1. The number of terminal acetylenes is 1. The Hall–Kier alpha value is -2.34. The number of benzene rings is 1. The second-order valence-electron chi connectivity index (χ2n) is 5.99. The van der Waals surface area contributed by atoms with Crippen LogP contribution in [0.5, 0.6) is 0 Å². The van der Waals surface area contributed by atoms with Gasteiger partial charge >= 0.3 is 0 Å². The minimum absolute atomic E-state index is 0.116. The van der Waals surface area contributed by atoms with Crippen LogP contribution in [0, 0.1) is 12.3 Å². The highest BCUT2D eigenvalue weighted by atomic mass is 16.3. The average molecular weight is 275 g/mol. The van der Waals surface area contributed by atoms with Gasteiger partial charge in [0.15, 0.2) is 0 Å². The zero-order chi connectivity index (χ0) is 15.6. The monoisotopic (exact) mass is 275 g/mol. The van der Waals surface area contributed by atoms with E-state index >= 15 is 0 Å². The van der Waals surface area contributed by atoms with E-state index in [1.54, 1.807) is 6.08 Å². The second-order valence-corrected chi connectivity index (χ2v) is 5.99. The van der Waals surface area contributed by atoms with Crippen LogP contribution in [-0.4, -0.2) is 7.85 Å². The Kier molecular flexibility index (Phi) is 4.00. The van der Waals surface area contributed by atoms with Crippen molar-refractivity contribution in [3.63, 3.8) is 0 Å². The number of nitrogens with two attached hydrogens (primary N) is 1. The normalized spacial score (nSPS) is 13.9. The third-order valence-electron chi connectivity index (χ3n) is 3.30. The Morgan fingerprint density at radius 1 is 1.29 bits per heavy atom. The van der Waals surface area contributed by atoms with Crippen LogP contribution in [0.1, 0.15) is 26.3 Å². The second kappa shape index (κ2) is 5.57. The first-order valence-corrected chi connectivity index (χ1v) is 6.75. The highest BCUT2D eigenvalue weighted by Gasteiger charge is 2.13. The van der Waals surface area contributed by atoms with Crippen LogP contribution in [0.25, 0.3) is 23.0 Å². The first kappa shape index (κ1) is 15.1. The molecule has 0 spiro atoms. The summed E-state index contributed by atoms with van der Waals surface area (Å²) in [5.74, 6) is 3.16. The predicted octanol–water partition coefficient (Wildman–Crippen LogP) is 1.85. The third kappa shape index (κ3) is 3.22. The van der Waals surface area contributed by atoms with Crippen molar-refractivity contribution in [2.24, 2.45) is 5.73 Å². The summed E-state index contributed by atoms with van der Waals surface area (Å²) >= 11 is 0. The number of hydrogen-bond acceptors (Lipinski definition) is 2. The molecule has 0 saturated heterocycles. The van der Waals surface area contributed by atoms with Crippen LogP contribution < -0.4 is 16.4 Å². The molecule has 0 aliphatic carbocycles. The van der Waals surface area contributed by atoms with Gasteiger partial charge in [0.1, 0.15) is 19.0 Å². The molecule has 3 heteroatoms. The lowest BCUT2D eigenvalue weighted by Gasteiger charge is -2.18. The lowest BCUT2D eigenvalue weighted by Crippen LogP contribution is -2.25. The molecule has 2 rings (SSSR count). The van der Waals surface area contributed by atoms with Crippen molar-refractivity contribution in [3.8, 4) is 23.7 Å². The van der Waals surface area contributed by atoms with Gasteiger partial charge in [-0.05, 0) is 28.7 Å². The molecular formula is C18H18BNO. The molecule has 1 aromatic carbocycles. The molecule has 0 bridgehead atoms. The van der Waals surface area contributed by atoms with Gasteiger partial charge in [-0.15, -0.1) is 6.42 Å². The van der Waals surface area contributed by atoms with Crippen LogP contribution in [0.15, 0.2) is 34.7 Å². The van der Waals surface area contributed by atoms with Crippen molar-refractivity contribution in [2.45, 2.75) is 26.2 Å². The zero-order valence-corrected chi connectivity index (χ0v) is 12.6. The Morgan fingerprint density at radius 3 is 2.38 bits per heavy atom. The first-order valence-electron chi connectivity index (χ1n) is 6.75. The summed E-state index contributed by atoms with van der Waals surface area (Å²) in [6.45, 7) is 6.53. The summed E-state index contributed by atoms with van der Waals surface area (Å²) < 4.78 is 5.73. The maximum absolute atomic E-state index is 5.73. The molecule has 1 heterocycles. The van der Waals surface area contributed by atoms with Crippen LogP contribution in [0.3, 0.4) is 0 Å². The van der Waals surface area contributed by atoms with Crippen molar-refractivity contribution >= 4 is 19.5 Å². The summed E-state index contributed by atoms with van der Waals surface area (Å²) in [4.78, 5) is 0. The maximum atomic E-state index is 5.73. The molecule has 0 unspecified atom stereocenters. The Bertz CT molecular complexity index is 795. The average Bonchev–Trinajstić information content (AvgIpc) is 2.82. The fourth-order valence-electron chi connectivity index (χ4n) is 2.10. The SMILES string of the molecule is [B]/C(N)=c1\oc(-c2ccc(C(C)(C)C)cc2)c\c1=C\C#C. The lowest BCUT2D eigenvalue weighted by molar-refractivity contribution is 0.543. The topological polar surface area (TPSA) is 39.2 Å². The van der Waals surface area contributed by atoms with E-state index in [1.165, 1.54) is 5.56 Å². The predicted molar refractivity (Wildman–Crippen MR) is 88.7 cm³/mol. The molecule has 0 aliphatic heterocycles. The lowest BCUT2D eigenvalue weighted by atomic mass is 9.86. The fourth-order valence-corrected chi connectivity index (χ4v) is 2.10. The molecule has 2 radical (unpaired) electrons. The van der Waals surface area contributed by atoms with E-state index in [2.05, 4.69) is 38.8 Å². The van der Waals surface area contributed by atoms with E-state index in [4.69, 9.17) is 24.4 Å². The number of hydrogen-bond donors (Lipinski definition) is 1. The minimum atomic E-state index is 0.116. The smallest absolute Gasteiger partial charge is 0.143 e. The van der Waals surface area contributed by atoms with Gasteiger partial charge in [-0.2, -0.15) is 0 Å². The van der Waals surface area contributed by atoms with E-state index < -0.39 is 0 Å². The van der Waals surface area contributed by atoms with Gasteiger partial charge in [0, 0.05) is 10.8 Å². The van der Waals surface area contributed by atoms with E-state index in [9.17, 15) is 0 Å². The van der Waals surface area contributed by atoms with Crippen molar-refractivity contribution in [3.05, 3.63) is 46.5 Å². The van der Waals surface area contributed by atoms with Crippen molar-refractivity contribution in [2.75, 3.05) is 0 Å². The molecular weight excluding hydrogens is 257 g/mol. The highest BCUT2D eigenvalue weighted by molar-refractivity contribution is 6.37. The van der Waals surface area contributed by atoms with Gasteiger partial charge in [-0.1, -0.05) is 51.0 Å². The van der Waals surface area contributed by atoms with Gasteiger partial charge < -0.3 is 10.2 Å². The van der Waals surface area contributed by atoms with Crippen molar-refractivity contribution in [1.82, 2.24) is 0 Å². The van der Waals surface area contributed by atoms with E-state index in [1.807, 2.05) is 18.2 Å². The quantitative estimate of drug-likeness (QED) is 0.637. The van der Waals surface area contributed by atoms with Gasteiger partial charge in [-0.3, -0.25) is 0 Å². The highest BCUT2D eigenvalue weighted by Crippen LogP contribution is 2.25. The first-order chi connectivity index (χ1) is 9.82. The maximum Gasteiger partial charge on any atom is 0.143 e. The Labute approximate surface area is 126 Å². The van der Waals surface area contributed by atoms with Crippen LogP contribution in [0.2, 0.25) is 0 Å². The van der Waals surface area contributed by atoms with Crippen LogP contribution in [0.4, 0.5) is 0 Å². The standard InChI is InChI=1S/C18H18BNO/c1-5-6-13-11-15(21-16(13)17(19)20)12-7-9-14(10-8-12)18(2,3)4/h1,6-11H,20H2,2-4H3/b13-6-,17-16+. The van der Waals surface area contributed by atoms with E-state index in [0.29, 0.717) is 16.4 Å². The Balaban J connectivity index is 2.55. The summed E-state index contributed by atoms with van der Waals surface area (Å²) in [5, 5.41) is 0.715. The summed E-state index contributed by atoms with van der Waals surface area (Å²) in [6.07, 6.45) is 6.90. The molecule has 2 N–H and O–H groups in total. The zero-order valence-electron chi connectivity index (χ0n) is 12.6. The van der Waals surface area contributed by atoms with Crippen molar-refractivity contribution < 1.29 is 4.42 Å². The Morgan fingerprint density at radius 2 is 1.90 bits per heavy atom. The van der Waals surface area contributed by atoms with Crippen LogP contribution >= 0.6 is 0 Å². The van der Waals surface area contributed by atoms with Crippen molar-refractivity contribution in [1.29, 1.82) is 0 Å². The molecule has 0 aliphatic rings. The molecule has 21 heavy (non-hydrogen) atoms. The van der Waals surface area contributed by atoms with Gasteiger partial charge in [0.2, 0.25) is 0 Å². The molecule has 0 atom stereocenters. The number of rotatable bonds is 1. The summed E-state index contributed by atoms with van der Waals surface area (Å²) in [5.41, 5.74) is 8.51. The van der Waals surface area contributed by atoms with Gasteiger partial charge in [0.05, 0.1) is 0 Å². The van der Waals surface area contributed by atoms with E-state index in [0.717, 1.165) is 5.56 Å². The van der Waals surface area contributed by atoms with E-state index in [-0.39, 0.29) is 11.0 Å². The third-order valence-corrected chi connectivity index (χ3v) is 3.30. The molecule has 2 aromatic rings. The molecule has 104 valence electrons. The molecule has 1 aromatic heterocycles. The molecule has 0 saturated carbocycles. The molecule has 2 nitrogen and oxygen atoms in total. The fraction of sp³-hybridized carbons (Fsp3) is 0.222. The van der Waals surface area contributed by atoms with Crippen LogP contribution in [-0.2, 0) is 5.41 Å². The molecule has 0 fully saturated rings. The van der Waals surface area contributed by atoms with Gasteiger partial charge in [-0.25, -0.2) is 0 Å². The van der Waals surface area contributed by atoms with Gasteiger partial charge in [0.25, 0.3) is 0 Å². The number of furan rings is 1.